The van der Waals surface area contributed by atoms with Crippen molar-refractivity contribution < 1.29 is 4.42 Å². The van der Waals surface area contributed by atoms with Gasteiger partial charge in [-0.15, -0.1) is 24.0 Å². The maximum Gasteiger partial charge on any atom is 0.216 e. The lowest BCUT2D eigenvalue weighted by Gasteiger charge is -2.16. The van der Waals surface area contributed by atoms with Gasteiger partial charge in [-0.2, -0.15) is 0 Å². The maximum absolute atomic E-state index is 6.21. The number of hydrogen-bond acceptors (Lipinski definition) is 3. The van der Waals surface area contributed by atoms with Crippen LogP contribution in [0.1, 0.15) is 24.4 Å². The summed E-state index contributed by atoms with van der Waals surface area (Å²) in [4.78, 5) is 8.50. The molecule has 0 radical (unpaired) electrons. The van der Waals surface area contributed by atoms with Crippen LogP contribution in [-0.2, 0) is 6.54 Å². The van der Waals surface area contributed by atoms with Crippen molar-refractivity contribution in [3.8, 4) is 11.3 Å². The quantitative estimate of drug-likeness (QED) is 0.269. The third kappa shape index (κ3) is 5.85. The number of guanidine groups is 1. The molecule has 0 bridgehead atoms. The summed E-state index contributed by atoms with van der Waals surface area (Å²) in [5.74, 6) is 1.47. The van der Waals surface area contributed by atoms with E-state index in [1.165, 1.54) is 0 Å². The van der Waals surface area contributed by atoms with E-state index in [2.05, 4.69) is 15.3 Å². The third-order valence-electron chi connectivity index (χ3n) is 3.79. The molecule has 0 aliphatic heterocycles. The summed E-state index contributed by atoms with van der Waals surface area (Å²) in [6.45, 7) is 2.18. The lowest BCUT2D eigenvalue weighted by Crippen LogP contribution is -2.34. The Balaban J connectivity index is 0.00000261. The Morgan fingerprint density at radius 1 is 1.22 bits per heavy atom. The zero-order valence-corrected chi connectivity index (χ0v) is 18.4. The molecule has 0 amide bonds. The van der Waals surface area contributed by atoms with Crippen LogP contribution in [0.15, 0.2) is 64.1 Å². The van der Waals surface area contributed by atoms with Gasteiger partial charge in [0.2, 0.25) is 5.89 Å². The largest absolute Gasteiger partial charge is 0.439 e. The molecule has 5 nitrogen and oxygen atoms in total. The molecule has 3 N–H and O–H groups in total. The Hall–Kier alpha value is -1.77. The van der Waals surface area contributed by atoms with Crippen molar-refractivity contribution in [3.05, 3.63) is 76.2 Å². The number of halogens is 3. The van der Waals surface area contributed by atoms with Crippen molar-refractivity contribution in [1.29, 1.82) is 0 Å². The first kappa shape index (κ1) is 21.5. The van der Waals surface area contributed by atoms with Gasteiger partial charge < -0.3 is 15.5 Å². The van der Waals surface area contributed by atoms with Gasteiger partial charge in [-0.25, -0.2) is 9.98 Å². The van der Waals surface area contributed by atoms with Crippen molar-refractivity contribution in [2.75, 3.05) is 0 Å². The lowest BCUT2D eigenvalue weighted by molar-refractivity contribution is 0.509. The van der Waals surface area contributed by atoms with E-state index in [1.807, 2.05) is 43.3 Å². The molecule has 3 aromatic rings. The van der Waals surface area contributed by atoms with E-state index >= 15 is 0 Å². The van der Waals surface area contributed by atoms with Gasteiger partial charge in [-0.05, 0) is 24.6 Å². The fourth-order valence-electron chi connectivity index (χ4n) is 2.47. The van der Waals surface area contributed by atoms with Crippen molar-refractivity contribution in [2.45, 2.75) is 19.5 Å². The SMILES string of the molecule is CC(NC(N)=NCc1ncc(-c2ccccc2)o1)c1ccc(Cl)cc1Cl.I. The van der Waals surface area contributed by atoms with Crippen LogP contribution in [0.25, 0.3) is 11.3 Å². The van der Waals surface area contributed by atoms with Crippen LogP contribution >= 0.6 is 47.2 Å². The number of rotatable bonds is 5. The normalized spacial score (nSPS) is 12.3. The molecule has 1 heterocycles. The first-order valence-electron chi connectivity index (χ1n) is 8.04. The lowest BCUT2D eigenvalue weighted by atomic mass is 10.1. The van der Waals surface area contributed by atoms with Gasteiger partial charge in [0.05, 0.1) is 12.2 Å². The highest BCUT2D eigenvalue weighted by molar-refractivity contribution is 14.0. The van der Waals surface area contributed by atoms with Crippen molar-refractivity contribution in [3.63, 3.8) is 0 Å². The number of nitrogens with zero attached hydrogens (tertiary/aromatic N) is 2. The second kappa shape index (κ2) is 9.96. The Kier molecular flexibility index (Phi) is 7.94. The number of aliphatic imine (C=N–C) groups is 1. The molecule has 27 heavy (non-hydrogen) atoms. The predicted octanol–water partition coefficient (Wildman–Crippen LogP) is 5.43. The van der Waals surface area contributed by atoms with E-state index in [0.717, 1.165) is 11.1 Å². The van der Waals surface area contributed by atoms with E-state index in [9.17, 15) is 0 Å². The topological polar surface area (TPSA) is 76.4 Å². The van der Waals surface area contributed by atoms with Crippen LogP contribution in [0.2, 0.25) is 10.0 Å². The first-order chi connectivity index (χ1) is 12.5. The van der Waals surface area contributed by atoms with Crippen molar-refractivity contribution >= 4 is 53.1 Å². The van der Waals surface area contributed by atoms with E-state index < -0.39 is 0 Å². The maximum atomic E-state index is 6.21. The van der Waals surface area contributed by atoms with E-state index in [-0.39, 0.29) is 42.5 Å². The highest BCUT2D eigenvalue weighted by Gasteiger charge is 2.11. The standard InChI is InChI=1S/C19H18Cl2N4O.HI/c1-12(15-8-7-14(20)9-16(15)21)25-19(22)24-11-18-23-10-17(26-18)13-5-3-2-4-6-13;/h2-10,12H,11H2,1H3,(H3,22,24,25);1H. The average Bonchev–Trinajstić information content (AvgIpc) is 3.09. The summed E-state index contributed by atoms with van der Waals surface area (Å²) >= 11 is 12.1. The molecule has 0 aliphatic carbocycles. The predicted molar refractivity (Wildman–Crippen MR) is 121 cm³/mol. The number of benzene rings is 2. The third-order valence-corrected chi connectivity index (χ3v) is 4.35. The van der Waals surface area contributed by atoms with Gasteiger partial charge in [0.25, 0.3) is 0 Å². The van der Waals surface area contributed by atoms with Crippen molar-refractivity contribution in [1.82, 2.24) is 10.3 Å². The Morgan fingerprint density at radius 2 is 1.96 bits per heavy atom. The first-order valence-corrected chi connectivity index (χ1v) is 8.80. The number of oxazole rings is 1. The van der Waals surface area contributed by atoms with Crippen LogP contribution in [0.4, 0.5) is 0 Å². The van der Waals surface area contributed by atoms with E-state index in [4.69, 9.17) is 33.4 Å². The smallest absolute Gasteiger partial charge is 0.216 e. The summed E-state index contributed by atoms with van der Waals surface area (Å²) in [5.41, 5.74) is 7.81. The van der Waals surface area contributed by atoms with Gasteiger partial charge in [-0.1, -0.05) is 59.6 Å². The fourth-order valence-corrected chi connectivity index (χ4v) is 3.04. The zero-order valence-electron chi connectivity index (χ0n) is 14.5. The molecule has 2 aromatic carbocycles. The molecule has 0 fully saturated rings. The summed E-state index contributed by atoms with van der Waals surface area (Å²) in [7, 11) is 0. The molecule has 3 rings (SSSR count). The minimum absolute atomic E-state index is 0. The second-order valence-electron chi connectivity index (χ2n) is 5.72. The van der Waals surface area contributed by atoms with Gasteiger partial charge in [0, 0.05) is 15.6 Å². The number of nitrogens with two attached hydrogens (primary N) is 1. The monoisotopic (exact) mass is 516 g/mol. The molecule has 0 aliphatic rings. The molecular formula is C19H19Cl2IN4O. The average molecular weight is 517 g/mol. The molecule has 0 saturated heterocycles. The minimum Gasteiger partial charge on any atom is -0.439 e. The zero-order chi connectivity index (χ0) is 18.5. The van der Waals surface area contributed by atoms with Crippen LogP contribution in [-0.4, -0.2) is 10.9 Å². The minimum atomic E-state index is -0.118. The summed E-state index contributed by atoms with van der Waals surface area (Å²) in [6, 6.07) is 15.0. The molecular weight excluding hydrogens is 498 g/mol. The molecule has 1 aromatic heterocycles. The number of nitrogens with one attached hydrogen (secondary N) is 1. The molecule has 142 valence electrons. The molecule has 0 saturated carbocycles. The van der Waals surface area contributed by atoms with Gasteiger partial charge in [0.15, 0.2) is 11.7 Å². The van der Waals surface area contributed by atoms with Crippen LogP contribution in [0.5, 0.6) is 0 Å². The van der Waals surface area contributed by atoms with E-state index in [0.29, 0.717) is 21.7 Å². The van der Waals surface area contributed by atoms with Crippen LogP contribution < -0.4 is 11.1 Å². The molecule has 1 unspecified atom stereocenters. The van der Waals surface area contributed by atoms with Crippen molar-refractivity contribution in [2.24, 2.45) is 10.7 Å². The van der Waals surface area contributed by atoms with E-state index in [1.54, 1.807) is 18.3 Å². The Bertz CT molecular complexity index is 915. The highest BCUT2D eigenvalue weighted by Crippen LogP contribution is 2.26. The number of hydrogen-bond donors (Lipinski definition) is 2. The second-order valence-corrected chi connectivity index (χ2v) is 6.56. The molecule has 1 atom stereocenters. The Labute approximate surface area is 185 Å². The summed E-state index contributed by atoms with van der Waals surface area (Å²) in [6.07, 6.45) is 1.68. The summed E-state index contributed by atoms with van der Waals surface area (Å²) in [5, 5.41) is 4.26. The van der Waals surface area contributed by atoms with Gasteiger partial charge in [-0.3, -0.25) is 0 Å². The van der Waals surface area contributed by atoms with Gasteiger partial charge >= 0.3 is 0 Å². The van der Waals surface area contributed by atoms with Crippen LogP contribution in [0, 0.1) is 0 Å². The fraction of sp³-hybridized carbons (Fsp3) is 0.158. The molecule has 8 heteroatoms. The number of aromatic nitrogens is 1. The highest BCUT2D eigenvalue weighted by atomic mass is 127. The van der Waals surface area contributed by atoms with Gasteiger partial charge in [0.1, 0.15) is 6.54 Å². The van der Waals surface area contributed by atoms with Crippen LogP contribution in [0.3, 0.4) is 0 Å². The summed E-state index contributed by atoms with van der Waals surface area (Å²) < 4.78 is 5.70. The molecule has 0 spiro atoms. The Morgan fingerprint density at radius 3 is 2.67 bits per heavy atom.